The third-order valence-corrected chi connectivity index (χ3v) is 9.68. The van der Waals surface area contributed by atoms with Gasteiger partial charge in [0, 0.05) is 50.0 Å². The Morgan fingerprint density at radius 1 is 1.08 bits per heavy atom. The number of carboxylic acids is 1. The molecular formula is C37H39Cl2N5O7. The van der Waals surface area contributed by atoms with Gasteiger partial charge in [-0.15, -0.1) is 0 Å². The number of nitrogens with zero attached hydrogens (tertiary/aromatic N) is 3. The highest BCUT2D eigenvalue weighted by molar-refractivity contribution is 6.37. The van der Waals surface area contributed by atoms with Gasteiger partial charge in [-0.2, -0.15) is 4.98 Å². The molecule has 0 unspecified atom stereocenters. The second kappa shape index (κ2) is 16.4. The summed E-state index contributed by atoms with van der Waals surface area (Å²) in [6.45, 7) is 2.49. The fraction of sp³-hybridized carbons (Fsp3) is 0.351. The fourth-order valence-electron chi connectivity index (χ4n) is 6.56. The van der Waals surface area contributed by atoms with E-state index in [0.29, 0.717) is 47.9 Å². The molecule has 0 saturated carbocycles. The van der Waals surface area contributed by atoms with E-state index in [2.05, 4.69) is 25.5 Å². The Labute approximate surface area is 305 Å². The molecule has 2 aromatic heterocycles. The number of likely N-dealkylation sites (tertiary alicyclic amines) is 1. The Hall–Kier alpha value is -4.30. The smallest absolute Gasteiger partial charge is 0.306 e. The van der Waals surface area contributed by atoms with E-state index in [4.69, 9.17) is 37.8 Å². The number of rotatable bonds is 14. The van der Waals surface area contributed by atoms with Gasteiger partial charge in [0.1, 0.15) is 16.9 Å². The fourth-order valence-corrected chi connectivity index (χ4v) is 7.09. The maximum atomic E-state index is 13.4. The Bertz CT molecular complexity index is 1890. The molecule has 1 aliphatic carbocycles. The van der Waals surface area contributed by atoms with Crippen molar-refractivity contribution in [3.8, 4) is 22.9 Å². The number of β-amino-alcohol motifs (C(OH)–C–C–N with tert-alkyl or cyclic N) is 1. The number of carboxylic acid groups (broad SMARTS) is 1. The molecule has 14 heteroatoms. The number of ether oxygens (including phenoxy) is 2. The molecule has 5 N–H and O–H groups in total. The van der Waals surface area contributed by atoms with Crippen molar-refractivity contribution in [2.75, 3.05) is 32.1 Å². The molecule has 6 rings (SSSR count). The highest BCUT2D eigenvalue weighted by Gasteiger charge is 2.29. The number of aliphatic hydroxyl groups is 2. The Balaban J connectivity index is 1.14. The lowest BCUT2D eigenvalue weighted by Gasteiger charge is -2.18. The zero-order chi connectivity index (χ0) is 36.1. The van der Waals surface area contributed by atoms with Gasteiger partial charge in [-0.25, -0.2) is 4.98 Å². The monoisotopic (exact) mass is 735 g/mol. The second-order valence-corrected chi connectivity index (χ2v) is 13.5. The predicted molar refractivity (Wildman–Crippen MR) is 192 cm³/mol. The quantitative estimate of drug-likeness (QED) is 0.115. The third-order valence-electron chi connectivity index (χ3n) is 9.01. The number of carbonyl (C=O) groups excluding carboxylic acids is 1. The number of aliphatic carboxylic acids is 1. The average molecular weight is 737 g/mol. The number of benzene rings is 2. The van der Waals surface area contributed by atoms with E-state index >= 15 is 0 Å². The summed E-state index contributed by atoms with van der Waals surface area (Å²) in [5.41, 5.74) is 5.57. The summed E-state index contributed by atoms with van der Waals surface area (Å²) in [5.74, 6) is -0.546. The third kappa shape index (κ3) is 8.78. The predicted octanol–water partition coefficient (Wildman–Crippen LogP) is 5.27. The van der Waals surface area contributed by atoms with Gasteiger partial charge >= 0.3 is 5.97 Å². The number of methoxy groups -OCH3 is 1. The number of nitrogens with one attached hydrogen (secondary N) is 2. The molecule has 0 spiro atoms. The standard InChI is InChI=1S/C37H39Cl2N5O7/c1-50-36-22(17-40-18-24(46)15-33(47)48)14-30(38)37(43-36)51-31-10-9-26-25(4-2-5-27(26)31)28-6-3-7-29(34(28)39)35(49)42-32-11-8-21(16-41-32)19-44-13-12-23(45)20-44/h2-8,11,14,16,23-24,31,40,45-46H,9-10,12-13,15,17-20H2,1H3,(H,47,48)(H,41,42,49)/t23-,24+,31+/m1/s1. The zero-order valence-electron chi connectivity index (χ0n) is 27.9. The van der Waals surface area contributed by atoms with Gasteiger partial charge in [0.15, 0.2) is 0 Å². The van der Waals surface area contributed by atoms with Crippen LogP contribution in [0.25, 0.3) is 11.1 Å². The lowest BCUT2D eigenvalue weighted by molar-refractivity contribution is -0.139. The lowest BCUT2D eigenvalue weighted by Crippen LogP contribution is -2.28. The molecule has 51 heavy (non-hydrogen) atoms. The topological polar surface area (TPSA) is 166 Å². The van der Waals surface area contributed by atoms with Crippen LogP contribution in [0.15, 0.2) is 60.8 Å². The van der Waals surface area contributed by atoms with Crippen LogP contribution in [0.3, 0.4) is 0 Å². The van der Waals surface area contributed by atoms with Gasteiger partial charge < -0.3 is 35.4 Å². The van der Waals surface area contributed by atoms with Gasteiger partial charge in [-0.05, 0) is 59.7 Å². The normalized spacial score (nSPS) is 17.6. The van der Waals surface area contributed by atoms with E-state index in [-0.39, 0.29) is 54.4 Å². The number of anilines is 1. The Morgan fingerprint density at radius 2 is 1.88 bits per heavy atom. The summed E-state index contributed by atoms with van der Waals surface area (Å²) in [6, 6.07) is 16.6. The minimum absolute atomic E-state index is 0.0711. The molecule has 1 aliphatic heterocycles. The maximum Gasteiger partial charge on any atom is 0.306 e. The number of carbonyl (C=O) groups is 2. The number of hydrogen-bond acceptors (Lipinski definition) is 10. The minimum atomic E-state index is -1.08. The average Bonchev–Trinajstić information content (AvgIpc) is 3.71. The van der Waals surface area contributed by atoms with Crippen LogP contribution in [0.1, 0.15) is 58.0 Å². The second-order valence-electron chi connectivity index (χ2n) is 12.7. The van der Waals surface area contributed by atoms with Crippen LogP contribution in [-0.2, 0) is 24.3 Å². The number of aliphatic hydroxyl groups excluding tert-OH is 2. The number of hydrogen-bond donors (Lipinski definition) is 5. The van der Waals surface area contributed by atoms with Gasteiger partial charge in [0.25, 0.3) is 5.91 Å². The van der Waals surface area contributed by atoms with E-state index < -0.39 is 12.1 Å². The molecule has 1 amide bonds. The van der Waals surface area contributed by atoms with Crippen molar-refractivity contribution in [2.45, 2.75) is 57.1 Å². The molecule has 2 aliphatic rings. The van der Waals surface area contributed by atoms with Gasteiger partial charge in [-0.3, -0.25) is 14.5 Å². The first kappa shape index (κ1) is 36.5. The van der Waals surface area contributed by atoms with Crippen LogP contribution in [0.2, 0.25) is 10.0 Å². The number of aromatic nitrogens is 2. The van der Waals surface area contributed by atoms with Crippen LogP contribution >= 0.6 is 23.2 Å². The van der Waals surface area contributed by atoms with Crippen molar-refractivity contribution < 1.29 is 34.4 Å². The zero-order valence-corrected chi connectivity index (χ0v) is 29.5. The largest absolute Gasteiger partial charge is 0.481 e. The molecule has 4 aromatic rings. The van der Waals surface area contributed by atoms with E-state index in [9.17, 15) is 19.8 Å². The van der Waals surface area contributed by atoms with Crippen molar-refractivity contribution in [3.63, 3.8) is 0 Å². The minimum Gasteiger partial charge on any atom is -0.481 e. The van der Waals surface area contributed by atoms with Crippen molar-refractivity contribution in [2.24, 2.45) is 0 Å². The van der Waals surface area contributed by atoms with Crippen molar-refractivity contribution >= 4 is 40.9 Å². The lowest BCUT2D eigenvalue weighted by atomic mass is 9.95. The molecule has 1 saturated heterocycles. The molecule has 1 fully saturated rings. The van der Waals surface area contributed by atoms with Crippen LogP contribution in [-0.4, -0.2) is 81.0 Å². The molecule has 2 aromatic carbocycles. The van der Waals surface area contributed by atoms with E-state index in [0.717, 1.165) is 40.8 Å². The van der Waals surface area contributed by atoms with Gasteiger partial charge in [0.2, 0.25) is 11.8 Å². The van der Waals surface area contributed by atoms with E-state index in [1.165, 1.54) is 7.11 Å². The van der Waals surface area contributed by atoms with E-state index in [1.807, 2.05) is 30.3 Å². The van der Waals surface area contributed by atoms with Crippen LogP contribution in [0, 0.1) is 0 Å². The molecular weight excluding hydrogens is 697 g/mol. The van der Waals surface area contributed by atoms with Crippen LogP contribution in [0.5, 0.6) is 11.8 Å². The molecule has 0 bridgehead atoms. The molecule has 268 valence electrons. The first-order valence-corrected chi connectivity index (χ1v) is 17.4. The number of amides is 1. The highest BCUT2D eigenvalue weighted by atomic mass is 35.5. The van der Waals surface area contributed by atoms with Crippen molar-refractivity contribution in [3.05, 3.63) is 98.7 Å². The van der Waals surface area contributed by atoms with Gasteiger partial charge in [-0.1, -0.05) is 59.6 Å². The summed E-state index contributed by atoms with van der Waals surface area (Å²) in [6.07, 6.45) is 1.82. The Morgan fingerprint density at radius 3 is 2.61 bits per heavy atom. The summed E-state index contributed by atoms with van der Waals surface area (Å²) >= 11 is 13.5. The number of pyridine rings is 2. The SMILES string of the molecule is COc1nc(O[C@H]2CCc3c(-c4cccc(C(=O)Nc5ccc(CN6CC[C@@H](O)C6)cn5)c4Cl)cccc32)c(Cl)cc1CNC[C@@H](O)CC(=O)O. The van der Waals surface area contributed by atoms with Crippen LogP contribution < -0.4 is 20.1 Å². The first-order valence-electron chi connectivity index (χ1n) is 16.7. The summed E-state index contributed by atoms with van der Waals surface area (Å²) in [5, 5.41) is 34.9. The van der Waals surface area contributed by atoms with E-state index in [1.54, 1.807) is 30.5 Å². The molecule has 12 nitrogen and oxygen atoms in total. The number of fused-ring (bicyclic) bond motifs is 1. The number of halogens is 2. The highest BCUT2D eigenvalue weighted by Crippen LogP contribution is 2.43. The van der Waals surface area contributed by atoms with Crippen LogP contribution in [0.4, 0.5) is 5.82 Å². The Kier molecular flexibility index (Phi) is 11.7. The maximum absolute atomic E-state index is 13.4. The molecule has 0 radical (unpaired) electrons. The van der Waals surface area contributed by atoms with Gasteiger partial charge in [0.05, 0.1) is 36.3 Å². The molecule has 3 atom stereocenters. The summed E-state index contributed by atoms with van der Waals surface area (Å²) < 4.78 is 11.8. The van der Waals surface area contributed by atoms with Crippen molar-refractivity contribution in [1.82, 2.24) is 20.2 Å². The summed E-state index contributed by atoms with van der Waals surface area (Å²) in [4.78, 5) is 35.3. The first-order chi connectivity index (χ1) is 24.6. The van der Waals surface area contributed by atoms with Crippen molar-refractivity contribution in [1.29, 1.82) is 0 Å². The summed E-state index contributed by atoms with van der Waals surface area (Å²) in [7, 11) is 1.48. The molecule has 3 heterocycles.